The van der Waals surface area contributed by atoms with Gasteiger partial charge in [-0.25, -0.2) is 0 Å². The van der Waals surface area contributed by atoms with Gasteiger partial charge in [-0.1, -0.05) is 30.3 Å². The summed E-state index contributed by atoms with van der Waals surface area (Å²) in [6, 6.07) is 9.39. The van der Waals surface area contributed by atoms with Crippen molar-refractivity contribution < 1.29 is 14.7 Å². The molecule has 0 spiro atoms. The van der Waals surface area contributed by atoms with E-state index in [4.69, 9.17) is 0 Å². The van der Waals surface area contributed by atoms with Crippen LogP contribution in [0, 0.1) is 5.92 Å². The number of benzene rings is 1. The molecule has 1 aromatic rings. The van der Waals surface area contributed by atoms with Gasteiger partial charge in [-0.2, -0.15) is 0 Å². The second-order valence-electron chi connectivity index (χ2n) is 5.03. The Hall–Kier alpha value is -1.74. The molecule has 0 heterocycles. The standard InChI is InChI=1S/C15H14O3/c16-9-11-8-12-13(17)6-7-15(12,18)14(11)10-4-2-1-3-5-10/h1-5,9,12,18H,6-8H2/t12-,15-/m0/s1. The zero-order chi connectivity index (χ0) is 12.8. The van der Waals surface area contributed by atoms with Crippen LogP contribution in [-0.2, 0) is 9.59 Å². The number of rotatable bonds is 2. The number of ketones is 1. The van der Waals surface area contributed by atoms with Crippen molar-refractivity contribution in [1.82, 2.24) is 0 Å². The minimum Gasteiger partial charge on any atom is -0.384 e. The Balaban J connectivity index is 2.15. The monoisotopic (exact) mass is 242 g/mol. The number of hydrogen-bond acceptors (Lipinski definition) is 3. The van der Waals surface area contributed by atoms with E-state index in [0.29, 0.717) is 30.4 Å². The molecule has 0 amide bonds. The molecular formula is C15H14O3. The van der Waals surface area contributed by atoms with Gasteiger partial charge in [0.2, 0.25) is 0 Å². The van der Waals surface area contributed by atoms with Crippen molar-refractivity contribution in [2.75, 3.05) is 0 Å². The van der Waals surface area contributed by atoms with Crippen molar-refractivity contribution in [2.24, 2.45) is 5.92 Å². The molecule has 2 aliphatic rings. The number of fused-ring (bicyclic) bond motifs is 1. The fourth-order valence-corrected chi connectivity index (χ4v) is 3.26. The molecule has 1 saturated carbocycles. The van der Waals surface area contributed by atoms with Crippen LogP contribution >= 0.6 is 0 Å². The van der Waals surface area contributed by atoms with Gasteiger partial charge in [-0.15, -0.1) is 0 Å². The van der Waals surface area contributed by atoms with E-state index in [2.05, 4.69) is 0 Å². The molecule has 92 valence electrons. The average molecular weight is 242 g/mol. The molecule has 1 fully saturated rings. The van der Waals surface area contributed by atoms with E-state index in [1.165, 1.54) is 0 Å². The SMILES string of the molecule is O=CC1=C(c2ccccc2)[C@]2(O)CCC(=O)[C@@H]2C1. The lowest BCUT2D eigenvalue weighted by molar-refractivity contribution is -0.122. The van der Waals surface area contributed by atoms with Gasteiger partial charge < -0.3 is 5.11 Å². The van der Waals surface area contributed by atoms with E-state index >= 15 is 0 Å². The maximum absolute atomic E-state index is 11.8. The fourth-order valence-electron chi connectivity index (χ4n) is 3.26. The van der Waals surface area contributed by atoms with Crippen LogP contribution in [0.1, 0.15) is 24.8 Å². The molecule has 0 aromatic heterocycles. The third kappa shape index (κ3) is 1.40. The van der Waals surface area contributed by atoms with E-state index in [1.54, 1.807) is 0 Å². The van der Waals surface area contributed by atoms with Crippen molar-refractivity contribution in [3.63, 3.8) is 0 Å². The normalized spacial score (nSPS) is 30.7. The Kier molecular flexibility index (Phi) is 2.45. The van der Waals surface area contributed by atoms with Crippen molar-refractivity contribution in [3.8, 4) is 0 Å². The highest BCUT2D eigenvalue weighted by Crippen LogP contribution is 2.52. The molecule has 0 unspecified atom stereocenters. The topological polar surface area (TPSA) is 54.4 Å². The molecule has 0 aliphatic heterocycles. The van der Waals surface area contributed by atoms with Crippen molar-refractivity contribution >= 4 is 17.6 Å². The van der Waals surface area contributed by atoms with Gasteiger partial charge in [0.1, 0.15) is 17.7 Å². The minimum absolute atomic E-state index is 0.0720. The minimum atomic E-state index is -1.13. The number of allylic oxidation sites excluding steroid dienone is 1. The highest BCUT2D eigenvalue weighted by atomic mass is 16.3. The predicted octanol–water partition coefficient (Wildman–Crippen LogP) is 1.75. The van der Waals surface area contributed by atoms with Gasteiger partial charge in [0, 0.05) is 6.42 Å². The molecule has 18 heavy (non-hydrogen) atoms. The Labute approximate surface area is 105 Å². The molecule has 0 radical (unpaired) electrons. The lowest BCUT2D eigenvalue weighted by Crippen LogP contribution is -2.32. The third-order valence-electron chi connectivity index (χ3n) is 4.10. The summed E-state index contributed by atoms with van der Waals surface area (Å²) >= 11 is 0. The van der Waals surface area contributed by atoms with Gasteiger partial charge in [-0.3, -0.25) is 9.59 Å². The Morgan fingerprint density at radius 1 is 1.28 bits per heavy atom. The predicted molar refractivity (Wildman–Crippen MR) is 66.7 cm³/mol. The molecule has 0 bridgehead atoms. The van der Waals surface area contributed by atoms with Gasteiger partial charge in [0.05, 0.1) is 5.92 Å². The van der Waals surface area contributed by atoms with Crippen LogP contribution in [0.3, 0.4) is 0 Å². The first kappa shape index (κ1) is 11.4. The maximum Gasteiger partial charge on any atom is 0.146 e. The average Bonchev–Trinajstić information content (AvgIpc) is 2.84. The van der Waals surface area contributed by atoms with Crippen LogP contribution in [-0.4, -0.2) is 22.8 Å². The number of carbonyl (C=O) groups excluding carboxylic acids is 2. The molecule has 1 aromatic carbocycles. The van der Waals surface area contributed by atoms with E-state index in [-0.39, 0.29) is 5.78 Å². The third-order valence-corrected chi connectivity index (χ3v) is 4.10. The van der Waals surface area contributed by atoms with Gasteiger partial charge in [0.15, 0.2) is 0 Å². The molecule has 1 N–H and O–H groups in total. The second kappa shape index (κ2) is 3.89. The van der Waals surface area contributed by atoms with E-state index in [0.717, 1.165) is 11.8 Å². The van der Waals surface area contributed by atoms with Gasteiger partial charge in [-0.05, 0) is 29.6 Å². The highest BCUT2D eigenvalue weighted by molar-refractivity contribution is 6.00. The van der Waals surface area contributed by atoms with Crippen molar-refractivity contribution in [2.45, 2.75) is 24.9 Å². The second-order valence-corrected chi connectivity index (χ2v) is 5.03. The van der Waals surface area contributed by atoms with E-state index in [1.807, 2.05) is 30.3 Å². The number of Topliss-reactive ketones (excluding diaryl/α,β-unsaturated/α-hetero) is 1. The molecule has 2 aliphatic carbocycles. The number of aldehydes is 1. The Morgan fingerprint density at radius 3 is 2.67 bits per heavy atom. The zero-order valence-corrected chi connectivity index (χ0v) is 9.93. The van der Waals surface area contributed by atoms with Crippen LogP contribution in [0.5, 0.6) is 0 Å². The summed E-state index contributed by atoms with van der Waals surface area (Å²) in [6.07, 6.45) is 2.00. The number of hydrogen-bond donors (Lipinski definition) is 1. The summed E-state index contributed by atoms with van der Waals surface area (Å²) in [5.74, 6) is -0.351. The molecule has 0 saturated heterocycles. The highest BCUT2D eigenvalue weighted by Gasteiger charge is 2.54. The number of aliphatic hydroxyl groups is 1. The maximum atomic E-state index is 11.8. The van der Waals surface area contributed by atoms with Crippen molar-refractivity contribution in [3.05, 3.63) is 41.5 Å². The Bertz CT molecular complexity index is 544. The van der Waals surface area contributed by atoms with Crippen LogP contribution in [0.15, 0.2) is 35.9 Å². The first-order valence-corrected chi connectivity index (χ1v) is 6.16. The van der Waals surface area contributed by atoms with E-state index < -0.39 is 11.5 Å². The van der Waals surface area contributed by atoms with Gasteiger partial charge >= 0.3 is 0 Å². The molecule has 3 nitrogen and oxygen atoms in total. The summed E-state index contributed by atoms with van der Waals surface area (Å²) in [4.78, 5) is 23.0. The summed E-state index contributed by atoms with van der Waals surface area (Å²) in [7, 11) is 0. The van der Waals surface area contributed by atoms with Gasteiger partial charge in [0.25, 0.3) is 0 Å². The zero-order valence-electron chi connectivity index (χ0n) is 9.93. The largest absolute Gasteiger partial charge is 0.384 e. The summed E-state index contributed by atoms with van der Waals surface area (Å²) < 4.78 is 0. The van der Waals surface area contributed by atoms with Crippen LogP contribution < -0.4 is 0 Å². The molecule has 3 heteroatoms. The lowest BCUT2D eigenvalue weighted by atomic mass is 9.85. The molecule has 2 atom stereocenters. The quantitative estimate of drug-likeness (QED) is 0.804. The first-order valence-electron chi connectivity index (χ1n) is 6.16. The molecule has 3 rings (SSSR count). The van der Waals surface area contributed by atoms with E-state index in [9.17, 15) is 14.7 Å². The number of carbonyl (C=O) groups is 2. The summed E-state index contributed by atoms with van der Waals surface area (Å²) in [5.41, 5.74) is 0.948. The summed E-state index contributed by atoms with van der Waals surface area (Å²) in [5, 5.41) is 10.8. The van der Waals surface area contributed by atoms with Crippen LogP contribution in [0.25, 0.3) is 5.57 Å². The molecular weight excluding hydrogens is 228 g/mol. The van der Waals surface area contributed by atoms with Crippen LogP contribution in [0.4, 0.5) is 0 Å². The first-order chi connectivity index (χ1) is 8.66. The smallest absolute Gasteiger partial charge is 0.146 e. The summed E-state index contributed by atoms with van der Waals surface area (Å²) in [6.45, 7) is 0. The lowest BCUT2D eigenvalue weighted by Gasteiger charge is -2.26. The van der Waals surface area contributed by atoms with Crippen molar-refractivity contribution in [1.29, 1.82) is 0 Å². The van der Waals surface area contributed by atoms with Crippen LogP contribution in [0.2, 0.25) is 0 Å². The fraction of sp³-hybridized carbons (Fsp3) is 0.333. The Morgan fingerprint density at radius 2 is 2.00 bits per heavy atom.